The van der Waals surface area contributed by atoms with E-state index < -0.39 is 0 Å². The summed E-state index contributed by atoms with van der Waals surface area (Å²) in [5.41, 5.74) is 5.80. The predicted octanol–water partition coefficient (Wildman–Crippen LogP) is 5.04. The molecule has 1 heterocycles. The Morgan fingerprint density at radius 1 is 1.07 bits per heavy atom. The third-order valence-electron chi connectivity index (χ3n) is 6.03. The van der Waals surface area contributed by atoms with E-state index in [-0.39, 0.29) is 24.2 Å². The standard InChI is InChI=1S/C25H28N2O3/c1-16-10-22-20(15-30-23(22)11-17(16)2)13-24(28)26-14-18-6-5-9-21(12-18)27-25(29)19-7-3-4-8-19/h5-6,9-12,15,19H,3-4,7-8,13-14H2,1-2H3,(H,26,28)(H,27,29). The molecule has 5 nitrogen and oxygen atoms in total. The van der Waals surface area contributed by atoms with Crippen LogP contribution in [0, 0.1) is 19.8 Å². The summed E-state index contributed by atoms with van der Waals surface area (Å²) in [5.74, 6) is 0.174. The summed E-state index contributed by atoms with van der Waals surface area (Å²) in [6.07, 6.45) is 6.16. The molecule has 0 unspecified atom stereocenters. The minimum atomic E-state index is -0.0590. The summed E-state index contributed by atoms with van der Waals surface area (Å²) in [7, 11) is 0. The molecule has 0 aliphatic heterocycles. The van der Waals surface area contributed by atoms with Crippen LogP contribution in [0.3, 0.4) is 0 Å². The SMILES string of the molecule is Cc1cc2occ(CC(=O)NCc3cccc(NC(=O)C4CCCC4)c3)c2cc1C. The van der Waals surface area contributed by atoms with Crippen LogP contribution in [-0.4, -0.2) is 11.8 Å². The highest BCUT2D eigenvalue weighted by Crippen LogP contribution is 2.27. The highest BCUT2D eigenvalue weighted by Gasteiger charge is 2.22. The summed E-state index contributed by atoms with van der Waals surface area (Å²) in [6.45, 7) is 4.53. The van der Waals surface area contributed by atoms with E-state index in [4.69, 9.17) is 4.42 Å². The fraction of sp³-hybridized carbons (Fsp3) is 0.360. The Morgan fingerprint density at radius 3 is 2.63 bits per heavy atom. The minimum Gasteiger partial charge on any atom is -0.464 e. The van der Waals surface area contributed by atoms with Crippen LogP contribution in [0.4, 0.5) is 5.69 Å². The van der Waals surface area contributed by atoms with Gasteiger partial charge in [0.2, 0.25) is 11.8 Å². The number of rotatable bonds is 6. The van der Waals surface area contributed by atoms with Crippen molar-refractivity contribution in [1.29, 1.82) is 0 Å². The van der Waals surface area contributed by atoms with Gasteiger partial charge in [-0.2, -0.15) is 0 Å². The van der Waals surface area contributed by atoms with Crippen LogP contribution in [-0.2, 0) is 22.6 Å². The maximum absolute atomic E-state index is 12.5. The number of carbonyl (C=O) groups excluding carboxylic acids is 2. The molecule has 0 radical (unpaired) electrons. The number of furan rings is 1. The number of anilines is 1. The summed E-state index contributed by atoms with van der Waals surface area (Å²) in [6, 6.07) is 11.8. The largest absolute Gasteiger partial charge is 0.464 e. The maximum atomic E-state index is 12.5. The third-order valence-corrected chi connectivity index (χ3v) is 6.03. The van der Waals surface area contributed by atoms with Crippen molar-refractivity contribution >= 4 is 28.5 Å². The summed E-state index contributed by atoms with van der Waals surface area (Å²) >= 11 is 0. The van der Waals surface area contributed by atoms with Crippen LogP contribution in [0.25, 0.3) is 11.0 Å². The van der Waals surface area contributed by atoms with Crippen molar-refractivity contribution in [2.75, 3.05) is 5.32 Å². The highest BCUT2D eigenvalue weighted by atomic mass is 16.3. The van der Waals surface area contributed by atoms with Crippen molar-refractivity contribution in [3.05, 3.63) is 64.9 Å². The second-order valence-corrected chi connectivity index (χ2v) is 8.32. The number of nitrogens with one attached hydrogen (secondary N) is 2. The second kappa shape index (κ2) is 8.74. The molecule has 2 amide bonds. The van der Waals surface area contributed by atoms with Crippen molar-refractivity contribution in [3.8, 4) is 0 Å². The molecule has 5 heteroatoms. The van der Waals surface area contributed by atoms with Gasteiger partial charge in [0, 0.05) is 29.1 Å². The van der Waals surface area contributed by atoms with Gasteiger partial charge in [-0.15, -0.1) is 0 Å². The van der Waals surface area contributed by atoms with Crippen molar-refractivity contribution in [1.82, 2.24) is 5.32 Å². The lowest BCUT2D eigenvalue weighted by molar-refractivity contribution is -0.121. The lowest BCUT2D eigenvalue weighted by atomic mass is 10.0. The van der Waals surface area contributed by atoms with Crippen LogP contribution in [0.15, 0.2) is 47.1 Å². The third kappa shape index (κ3) is 4.56. The van der Waals surface area contributed by atoms with E-state index in [0.717, 1.165) is 53.5 Å². The molecule has 4 rings (SSSR count). The first-order valence-electron chi connectivity index (χ1n) is 10.6. The molecule has 1 aromatic heterocycles. The first kappa shape index (κ1) is 20.2. The molecule has 2 aromatic carbocycles. The molecule has 30 heavy (non-hydrogen) atoms. The van der Waals surface area contributed by atoms with Crippen LogP contribution < -0.4 is 10.6 Å². The fourth-order valence-electron chi connectivity index (χ4n) is 4.10. The zero-order chi connectivity index (χ0) is 21.1. The van der Waals surface area contributed by atoms with Crippen molar-refractivity contribution in [3.63, 3.8) is 0 Å². The molecular formula is C25H28N2O3. The van der Waals surface area contributed by atoms with E-state index in [0.29, 0.717) is 6.54 Å². The zero-order valence-corrected chi connectivity index (χ0v) is 17.6. The van der Waals surface area contributed by atoms with Crippen molar-refractivity contribution in [2.24, 2.45) is 5.92 Å². The van der Waals surface area contributed by atoms with Gasteiger partial charge < -0.3 is 15.1 Å². The number of hydrogen-bond donors (Lipinski definition) is 2. The average Bonchev–Trinajstić information content (AvgIpc) is 3.38. The fourth-order valence-corrected chi connectivity index (χ4v) is 4.10. The average molecular weight is 405 g/mol. The molecular weight excluding hydrogens is 376 g/mol. The quantitative estimate of drug-likeness (QED) is 0.605. The van der Waals surface area contributed by atoms with Crippen LogP contribution in [0.1, 0.15) is 47.9 Å². The molecule has 0 saturated heterocycles. The molecule has 3 aromatic rings. The van der Waals surface area contributed by atoms with Crippen molar-refractivity contribution in [2.45, 2.75) is 52.5 Å². The Labute approximate surface area is 176 Å². The number of fused-ring (bicyclic) bond motifs is 1. The maximum Gasteiger partial charge on any atom is 0.227 e. The van der Waals surface area contributed by atoms with Gasteiger partial charge in [-0.1, -0.05) is 25.0 Å². The molecule has 0 atom stereocenters. The molecule has 1 aliphatic carbocycles. The Kier molecular flexibility index (Phi) is 5.88. The van der Waals surface area contributed by atoms with Crippen LogP contribution >= 0.6 is 0 Å². The topological polar surface area (TPSA) is 71.3 Å². The molecule has 1 fully saturated rings. The molecule has 2 N–H and O–H groups in total. The predicted molar refractivity (Wildman–Crippen MR) is 118 cm³/mol. The van der Waals surface area contributed by atoms with E-state index in [1.54, 1.807) is 6.26 Å². The van der Waals surface area contributed by atoms with Gasteiger partial charge >= 0.3 is 0 Å². The van der Waals surface area contributed by atoms with Gasteiger partial charge in [0.15, 0.2) is 0 Å². The van der Waals surface area contributed by atoms with Gasteiger partial charge in [0.05, 0.1) is 12.7 Å². The zero-order valence-electron chi connectivity index (χ0n) is 17.6. The number of aryl methyl sites for hydroxylation is 2. The van der Waals surface area contributed by atoms with E-state index in [1.165, 1.54) is 11.1 Å². The van der Waals surface area contributed by atoms with Gasteiger partial charge in [0.1, 0.15) is 5.58 Å². The lowest BCUT2D eigenvalue weighted by Gasteiger charge is -2.12. The minimum absolute atomic E-state index is 0.0590. The molecule has 0 spiro atoms. The smallest absolute Gasteiger partial charge is 0.227 e. The van der Waals surface area contributed by atoms with Gasteiger partial charge in [-0.25, -0.2) is 0 Å². The number of amides is 2. The monoisotopic (exact) mass is 404 g/mol. The van der Waals surface area contributed by atoms with E-state index in [2.05, 4.69) is 23.6 Å². The van der Waals surface area contributed by atoms with Crippen LogP contribution in [0.2, 0.25) is 0 Å². The Balaban J connectivity index is 1.35. The summed E-state index contributed by atoms with van der Waals surface area (Å²) < 4.78 is 5.62. The first-order valence-corrected chi connectivity index (χ1v) is 10.6. The van der Waals surface area contributed by atoms with Gasteiger partial charge in [-0.05, 0) is 67.6 Å². The van der Waals surface area contributed by atoms with Crippen molar-refractivity contribution < 1.29 is 14.0 Å². The second-order valence-electron chi connectivity index (χ2n) is 8.32. The molecule has 1 aliphatic rings. The number of carbonyl (C=O) groups is 2. The number of benzene rings is 2. The highest BCUT2D eigenvalue weighted by molar-refractivity contribution is 5.92. The van der Waals surface area contributed by atoms with E-state index in [1.807, 2.05) is 37.3 Å². The number of hydrogen-bond acceptors (Lipinski definition) is 3. The molecule has 0 bridgehead atoms. The molecule has 156 valence electrons. The Morgan fingerprint density at radius 2 is 1.83 bits per heavy atom. The van der Waals surface area contributed by atoms with Crippen LogP contribution in [0.5, 0.6) is 0 Å². The lowest BCUT2D eigenvalue weighted by Crippen LogP contribution is -2.24. The van der Waals surface area contributed by atoms with E-state index >= 15 is 0 Å². The van der Waals surface area contributed by atoms with E-state index in [9.17, 15) is 9.59 Å². The Bertz CT molecular complexity index is 1080. The summed E-state index contributed by atoms with van der Waals surface area (Å²) in [4.78, 5) is 24.8. The van der Waals surface area contributed by atoms with Gasteiger partial charge in [-0.3, -0.25) is 9.59 Å². The molecule has 1 saturated carbocycles. The summed E-state index contributed by atoms with van der Waals surface area (Å²) in [5, 5.41) is 6.98. The Hall–Kier alpha value is -3.08. The normalized spacial score (nSPS) is 14.2. The first-order chi connectivity index (χ1) is 14.5. The van der Waals surface area contributed by atoms with Gasteiger partial charge in [0.25, 0.3) is 0 Å².